The Balaban J connectivity index is 0.000000228. The highest BCUT2D eigenvalue weighted by Gasteiger charge is 2.25. The Labute approximate surface area is 470 Å². The number of benzene rings is 4. The van der Waals surface area contributed by atoms with Crippen molar-refractivity contribution in [2.24, 2.45) is 0 Å². The van der Waals surface area contributed by atoms with Crippen molar-refractivity contribution in [1.29, 1.82) is 0 Å². The maximum Gasteiger partial charge on any atom is 0.261 e. The number of nitrogens with one attached hydrogen (secondary N) is 4. The predicted octanol–water partition coefficient (Wildman–Crippen LogP) is 10.5. The van der Waals surface area contributed by atoms with Crippen LogP contribution in [0.5, 0.6) is 0 Å². The third kappa shape index (κ3) is 16.5. The zero-order chi connectivity index (χ0) is 58.9. The molecule has 2 aliphatic rings. The molecule has 8 aromatic rings. The fourth-order valence-electron chi connectivity index (χ4n) is 8.31. The number of amides is 2. The van der Waals surface area contributed by atoms with Gasteiger partial charge in [-0.15, -0.1) is 0 Å². The van der Waals surface area contributed by atoms with Crippen LogP contribution in [-0.4, -0.2) is 70.5 Å². The molecule has 2 aliphatic heterocycles. The van der Waals surface area contributed by atoms with Crippen LogP contribution in [0, 0.1) is 34.9 Å². The van der Waals surface area contributed by atoms with E-state index in [-0.39, 0.29) is 85.6 Å². The number of aromatic nitrogens is 6. The molecule has 4 aromatic heterocycles. The lowest BCUT2D eigenvalue weighted by Gasteiger charge is -2.08. The molecule has 2 amide bonds. The van der Waals surface area contributed by atoms with E-state index in [0.29, 0.717) is 48.5 Å². The number of nitrogens with zero attached hydrogens (tertiary/aromatic N) is 4. The molecule has 0 unspecified atom stereocenters. The Kier molecular flexibility index (Phi) is 22.0. The number of pyridine rings is 2. The Hall–Kier alpha value is -10.1. The summed E-state index contributed by atoms with van der Waals surface area (Å²) < 4.78 is 82.6. The van der Waals surface area contributed by atoms with E-state index in [1.54, 1.807) is 37.7 Å². The van der Waals surface area contributed by atoms with Gasteiger partial charge in [-0.1, -0.05) is 56.0 Å². The molecular formula is C61H54F6N8O8. The van der Waals surface area contributed by atoms with Crippen molar-refractivity contribution in [3.05, 3.63) is 246 Å². The van der Waals surface area contributed by atoms with Crippen LogP contribution in [-0.2, 0) is 29.1 Å². The number of allylic oxidation sites excluding steroid dienone is 2. The number of aromatic amines is 2. The zero-order valence-electron chi connectivity index (χ0n) is 43.5. The number of carbonyl (C=O) groups excluding carboxylic acids is 5. The van der Waals surface area contributed by atoms with E-state index in [0.717, 1.165) is 61.3 Å². The van der Waals surface area contributed by atoms with Crippen molar-refractivity contribution in [3.8, 4) is 0 Å². The second-order valence-electron chi connectivity index (χ2n) is 18.0. The van der Waals surface area contributed by atoms with Crippen LogP contribution in [0.15, 0.2) is 144 Å². The number of aldehydes is 1. The molecule has 0 aliphatic carbocycles. The lowest BCUT2D eigenvalue weighted by Crippen LogP contribution is -2.26. The van der Waals surface area contributed by atoms with Gasteiger partial charge in [0, 0.05) is 73.6 Å². The molecule has 5 N–H and O–H groups in total. The topological polar surface area (TPSA) is 231 Å². The minimum absolute atomic E-state index is 0. The highest BCUT2D eigenvalue weighted by Crippen LogP contribution is 2.34. The molecule has 6 heterocycles. The molecule has 0 bridgehead atoms. The normalized spacial score (nSPS) is 12.5. The summed E-state index contributed by atoms with van der Waals surface area (Å²) in [4.78, 5) is 97.6. The highest BCUT2D eigenvalue weighted by atomic mass is 19.2. The summed E-state index contributed by atoms with van der Waals surface area (Å²) in [5.41, 5.74) is 4.19. The van der Waals surface area contributed by atoms with E-state index < -0.39 is 46.0 Å². The largest absolute Gasteiger partial charge is 0.397 e. The van der Waals surface area contributed by atoms with E-state index in [2.05, 4.69) is 30.6 Å². The average molecular weight is 1140 g/mol. The third-order valence-corrected chi connectivity index (χ3v) is 12.1. The zero-order valence-corrected chi connectivity index (χ0v) is 43.5. The lowest BCUT2D eigenvalue weighted by atomic mass is 10.0. The molecule has 0 atom stereocenters. The maximum absolute atomic E-state index is 13.5. The molecule has 4 aromatic carbocycles. The predicted molar refractivity (Wildman–Crippen MR) is 301 cm³/mol. The third-order valence-electron chi connectivity index (χ3n) is 12.1. The van der Waals surface area contributed by atoms with Crippen LogP contribution in [0.4, 0.5) is 37.7 Å². The Bertz CT molecular complexity index is 3830. The van der Waals surface area contributed by atoms with E-state index >= 15 is 0 Å². The lowest BCUT2D eigenvalue weighted by molar-refractivity contribution is -0.115. The van der Waals surface area contributed by atoms with Gasteiger partial charge in [-0.2, -0.15) is 0 Å². The number of ketones is 2. The van der Waals surface area contributed by atoms with Crippen molar-refractivity contribution < 1.29 is 55.4 Å². The van der Waals surface area contributed by atoms with Gasteiger partial charge < -0.3 is 34.8 Å². The summed E-state index contributed by atoms with van der Waals surface area (Å²) in [7, 11) is 0. The number of aliphatic hydroxyl groups excluding tert-OH is 1. The number of Topliss-reactive ketones (excluding diaryl/α,β-unsaturated/α-hetero) is 2. The number of H-pyrrole nitrogens is 2. The van der Waals surface area contributed by atoms with Gasteiger partial charge in [0.05, 0.1) is 36.2 Å². The SMILES string of the molecule is C.CCO.O=C1Cc2ccc(/C=C/CCC(=O)c3cccn(Cc4cc(F)c(F)c(F)c4)c3=O)cc2N1.O=C1Nc2cc(/C=C/CCC(=O)c3cccn(Cc4cc(F)c(F)c(F)c4)c3=O)ccc2/C1=C/c1ncc[nH]1.O=Cc1ncc[nH]1. The van der Waals surface area contributed by atoms with Gasteiger partial charge in [-0.3, -0.25) is 33.6 Å². The molecular weight excluding hydrogens is 1090 g/mol. The Morgan fingerprint density at radius 3 is 1.57 bits per heavy atom. The van der Waals surface area contributed by atoms with Gasteiger partial charge in [0.25, 0.3) is 17.0 Å². The molecule has 0 radical (unpaired) electrons. The second kappa shape index (κ2) is 29.4. The van der Waals surface area contributed by atoms with Crippen LogP contribution >= 0.6 is 0 Å². The quantitative estimate of drug-likeness (QED) is 0.0202. The van der Waals surface area contributed by atoms with Gasteiger partial charge >= 0.3 is 0 Å². The maximum atomic E-state index is 13.5. The molecule has 0 fully saturated rings. The van der Waals surface area contributed by atoms with Crippen molar-refractivity contribution in [3.63, 3.8) is 0 Å². The van der Waals surface area contributed by atoms with E-state index in [4.69, 9.17) is 5.11 Å². The standard InChI is InChI=1S/C29H21F3N4O3.C25H19F3N2O3.C4H4N2O.C2H6O.CH4/c30-22-12-18(13-23(31)27(22)32)16-36-11-3-5-20(29(36)39)25(37)6-2-1-4-17-7-8-19-21(15-26-33-9-10-34-26)28(38)35-24(19)14-17;26-19-10-16(11-20(27)24(19)28)14-30-9-3-5-18(25(30)33)22(31)6-2-1-4-15-7-8-17-13-23(32)29-21(17)12-15;7-3-4-5-1-2-6-4;1-2-3;/h1,3-5,7-15H,2,6,16H2,(H,33,34)(H,35,38);1,3-5,7-12H,2,6,13-14H2,(H,29,32);1-3H,(H,5,6);3H,2H2,1H3;1H4/b4-1+,21-15-;4-1+;;;. The van der Waals surface area contributed by atoms with E-state index in [1.165, 1.54) is 42.9 Å². The molecule has 428 valence electrons. The summed E-state index contributed by atoms with van der Waals surface area (Å²) in [6.45, 7) is 1.50. The van der Waals surface area contributed by atoms with Crippen molar-refractivity contribution in [1.82, 2.24) is 29.1 Å². The van der Waals surface area contributed by atoms with Gasteiger partial charge in [0.1, 0.15) is 5.82 Å². The second-order valence-corrected chi connectivity index (χ2v) is 18.0. The number of hydrogen-bond acceptors (Lipinski definition) is 10. The summed E-state index contributed by atoms with van der Waals surface area (Å²) >= 11 is 0. The summed E-state index contributed by atoms with van der Waals surface area (Å²) in [5.74, 6) is -8.62. The number of rotatable bonds is 16. The number of fused-ring (bicyclic) bond motifs is 2. The van der Waals surface area contributed by atoms with Crippen LogP contribution in [0.2, 0.25) is 0 Å². The Morgan fingerprint density at radius 2 is 1.11 bits per heavy atom. The first-order valence-electron chi connectivity index (χ1n) is 25.2. The summed E-state index contributed by atoms with van der Waals surface area (Å²) in [6.07, 6.45) is 20.1. The number of aliphatic hydroxyl groups is 1. The van der Waals surface area contributed by atoms with E-state index in [9.17, 15) is 59.9 Å². The molecule has 83 heavy (non-hydrogen) atoms. The monoisotopic (exact) mass is 1140 g/mol. The molecule has 16 nitrogen and oxygen atoms in total. The number of hydrogen-bond donors (Lipinski definition) is 5. The number of anilines is 2. The molecule has 22 heteroatoms. The van der Waals surface area contributed by atoms with Crippen LogP contribution in [0.25, 0.3) is 23.8 Å². The summed E-state index contributed by atoms with van der Waals surface area (Å²) in [6, 6.07) is 20.2. The van der Waals surface area contributed by atoms with Crippen molar-refractivity contribution >= 4 is 64.8 Å². The Morgan fingerprint density at radius 1 is 0.639 bits per heavy atom. The molecule has 0 saturated carbocycles. The van der Waals surface area contributed by atoms with Gasteiger partial charge in [-0.25, -0.2) is 36.3 Å². The fraction of sp³-hybridized carbons (Fsp3) is 0.164. The first-order chi connectivity index (χ1) is 39.5. The minimum atomic E-state index is -1.58. The van der Waals surface area contributed by atoms with Gasteiger partial charge in [0.15, 0.2) is 58.6 Å². The first-order valence-corrected chi connectivity index (χ1v) is 25.2. The van der Waals surface area contributed by atoms with Crippen LogP contribution in [0.1, 0.15) is 111 Å². The van der Waals surface area contributed by atoms with Crippen molar-refractivity contribution in [2.45, 2.75) is 59.5 Å². The number of imidazole rings is 2. The molecule has 0 saturated heterocycles. The first kappa shape index (κ1) is 62.1. The summed E-state index contributed by atoms with van der Waals surface area (Å²) in [5, 5.41) is 13.2. The fourth-order valence-corrected chi connectivity index (χ4v) is 8.31. The van der Waals surface area contributed by atoms with Gasteiger partial charge in [-0.05, 0) is 114 Å². The highest BCUT2D eigenvalue weighted by molar-refractivity contribution is 6.34. The molecule has 10 rings (SSSR count). The average Bonchev–Trinajstić information content (AvgIpc) is 4.52. The van der Waals surface area contributed by atoms with Crippen molar-refractivity contribution in [2.75, 3.05) is 17.2 Å². The minimum Gasteiger partial charge on any atom is -0.397 e. The smallest absolute Gasteiger partial charge is 0.261 e. The number of halogens is 6. The molecule has 0 spiro atoms. The van der Waals surface area contributed by atoms with Crippen LogP contribution < -0.4 is 21.8 Å². The number of carbonyl (C=O) groups is 5. The van der Waals surface area contributed by atoms with Gasteiger partial charge in [0.2, 0.25) is 5.91 Å². The van der Waals surface area contributed by atoms with E-state index in [1.807, 2.05) is 54.6 Å². The van der Waals surface area contributed by atoms with Crippen LogP contribution in [0.3, 0.4) is 0 Å².